The van der Waals surface area contributed by atoms with Crippen LogP contribution in [0.1, 0.15) is 41.3 Å². The topological polar surface area (TPSA) is 54.5 Å². The molecule has 1 aliphatic rings. The second-order valence-electron chi connectivity index (χ2n) is 8.27. The fourth-order valence-electron chi connectivity index (χ4n) is 4.32. The zero-order chi connectivity index (χ0) is 21.6. The number of benzene rings is 2. The maximum Gasteiger partial charge on any atom is 0.264 e. The third-order valence-corrected chi connectivity index (χ3v) is 9.40. The van der Waals surface area contributed by atoms with Gasteiger partial charge < -0.3 is 0 Å². The first-order valence-corrected chi connectivity index (χ1v) is 12.6. The standard InChI is InChI=1S/C24H27NO3S2/c1-5-17-7-9-19-21(13-17)29-22-14-18(8-10-20(22)24(19)26)25(4)30(27,28)23-11-6-15(2)12-16(23)3/h6,8,10-12,14,17H,5,7,9,13H2,1-4H3. The lowest BCUT2D eigenvalue weighted by molar-refractivity contribution is 0.448. The smallest absolute Gasteiger partial charge is 0.264 e. The zero-order valence-electron chi connectivity index (χ0n) is 17.9. The van der Waals surface area contributed by atoms with Crippen molar-refractivity contribution in [3.63, 3.8) is 0 Å². The third-order valence-electron chi connectivity index (χ3n) is 6.24. The fraction of sp³-hybridized carbons (Fsp3) is 0.375. The van der Waals surface area contributed by atoms with Crippen LogP contribution >= 0.6 is 11.3 Å². The van der Waals surface area contributed by atoms with Crippen LogP contribution in [0.25, 0.3) is 10.1 Å². The van der Waals surface area contributed by atoms with E-state index in [1.165, 1.54) is 9.18 Å². The summed E-state index contributed by atoms with van der Waals surface area (Å²) in [5.74, 6) is 0.626. The van der Waals surface area contributed by atoms with Crippen LogP contribution < -0.4 is 9.73 Å². The van der Waals surface area contributed by atoms with Crippen molar-refractivity contribution in [3.8, 4) is 0 Å². The number of nitrogens with zero attached hydrogens (tertiary/aromatic N) is 1. The van der Waals surface area contributed by atoms with Crippen LogP contribution in [0, 0.1) is 19.8 Å². The summed E-state index contributed by atoms with van der Waals surface area (Å²) in [4.78, 5) is 14.5. The second kappa shape index (κ2) is 7.82. The van der Waals surface area contributed by atoms with Crippen LogP contribution in [0.4, 0.5) is 5.69 Å². The molecule has 6 heteroatoms. The Hall–Kier alpha value is -2.18. The van der Waals surface area contributed by atoms with Crippen LogP contribution in [0.5, 0.6) is 0 Å². The highest BCUT2D eigenvalue weighted by Gasteiger charge is 2.25. The minimum absolute atomic E-state index is 0.111. The van der Waals surface area contributed by atoms with Gasteiger partial charge in [-0.1, -0.05) is 31.0 Å². The molecule has 4 nitrogen and oxygen atoms in total. The molecule has 0 saturated carbocycles. The molecule has 1 heterocycles. The number of aryl methyl sites for hydroxylation is 2. The van der Waals surface area contributed by atoms with E-state index in [0.717, 1.165) is 47.1 Å². The highest BCUT2D eigenvalue weighted by atomic mass is 32.2. The summed E-state index contributed by atoms with van der Waals surface area (Å²) in [6.07, 6.45) is 3.99. The third kappa shape index (κ3) is 3.56. The summed E-state index contributed by atoms with van der Waals surface area (Å²) in [5.41, 5.74) is 3.40. The van der Waals surface area contributed by atoms with Gasteiger partial charge >= 0.3 is 0 Å². The molecule has 0 bridgehead atoms. The van der Waals surface area contributed by atoms with Gasteiger partial charge in [0.2, 0.25) is 0 Å². The summed E-state index contributed by atoms with van der Waals surface area (Å²) in [5, 5.41) is 0.690. The molecule has 30 heavy (non-hydrogen) atoms. The number of rotatable bonds is 4. The summed E-state index contributed by atoms with van der Waals surface area (Å²) in [6, 6.07) is 10.7. The lowest BCUT2D eigenvalue weighted by Crippen LogP contribution is -2.27. The Kier molecular flexibility index (Phi) is 5.49. The van der Waals surface area contributed by atoms with Crippen LogP contribution in [0.2, 0.25) is 0 Å². The molecular formula is C24H27NO3S2. The van der Waals surface area contributed by atoms with Crippen molar-refractivity contribution in [2.24, 2.45) is 5.92 Å². The van der Waals surface area contributed by atoms with Gasteiger partial charge in [-0.3, -0.25) is 9.10 Å². The molecule has 1 aromatic heterocycles. The van der Waals surface area contributed by atoms with Crippen molar-refractivity contribution in [1.82, 2.24) is 0 Å². The number of anilines is 1. The first-order valence-electron chi connectivity index (χ1n) is 10.4. The lowest BCUT2D eigenvalue weighted by Gasteiger charge is -2.24. The summed E-state index contributed by atoms with van der Waals surface area (Å²) < 4.78 is 28.7. The Morgan fingerprint density at radius 1 is 1.13 bits per heavy atom. The molecule has 158 valence electrons. The van der Waals surface area contributed by atoms with Gasteiger partial charge in [-0.15, -0.1) is 11.3 Å². The minimum atomic E-state index is -3.69. The van der Waals surface area contributed by atoms with Crippen LogP contribution in [0.15, 0.2) is 46.1 Å². The minimum Gasteiger partial charge on any atom is -0.289 e. The van der Waals surface area contributed by atoms with Gasteiger partial charge in [-0.05, 0) is 68.9 Å². The molecular weight excluding hydrogens is 414 g/mol. The molecule has 0 radical (unpaired) electrons. The lowest BCUT2D eigenvalue weighted by atomic mass is 9.87. The molecule has 2 aromatic carbocycles. The van der Waals surface area contributed by atoms with Gasteiger partial charge in [0.25, 0.3) is 10.0 Å². The first kappa shape index (κ1) is 21.1. The predicted octanol–water partition coefficient (Wildman–Crippen LogP) is 5.22. The molecule has 1 aliphatic carbocycles. The van der Waals surface area contributed by atoms with Crippen molar-refractivity contribution in [2.75, 3.05) is 11.4 Å². The van der Waals surface area contributed by atoms with Crippen molar-refractivity contribution in [3.05, 3.63) is 68.2 Å². The SMILES string of the molecule is CCC1CCc2c(sc3cc(N(C)S(=O)(=O)c4ccc(C)cc4C)ccc3c2=O)C1. The summed E-state index contributed by atoms with van der Waals surface area (Å²) >= 11 is 1.64. The number of sulfonamides is 1. The van der Waals surface area contributed by atoms with Gasteiger partial charge in [0.1, 0.15) is 0 Å². The van der Waals surface area contributed by atoms with Gasteiger partial charge in [0.15, 0.2) is 5.43 Å². The van der Waals surface area contributed by atoms with Gasteiger partial charge in [0, 0.05) is 27.6 Å². The molecule has 0 saturated heterocycles. The molecule has 0 aliphatic heterocycles. The molecule has 0 amide bonds. The molecule has 1 unspecified atom stereocenters. The van der Waals surface area contributed by atoms with Crippen molar-refractivity contribution >= 4 is 37.1 Å². The van der Waals surface area contributed by atoms with E-state index in [9.17, 15) is 13.2 Å². The van der Waals surface area contributed by atoms with Gasteiger partial charge in [-0.2, -0.15) is 0 Å². The maximum absolute atomic E-state index is 13.2. The molecule has 4 rings (SSSR count). The molecule has 3 aromatic rings. The number of fused-ring (bicyclic) bond motifs is 2. The monoisotopic (exact) mass is 441 g/mol. The van der Waals surface area contributed by atoms with Crippen molar-refractivity contribution < 1.29 is 8.42 Å². The van der Waals surface area contributed by atoms with E-state index in [0.29, 0.717) is 21.9 Å². The molecule has 0 fully saturated rings. The van der Waals surface area contributed by atoms with Crippen LogP contribution in [0.3, 0.4) is 0 Å². The number of hydrogen-bond acceptors (Lipinski definition) is 4. The largest absolute Gasteiger partial charge is 0.289 e. The molecule has 0 spiro atoms. The predicted molar refractivity (Wildman–Crippen MR) is 125 cm³/mol. The maximum atomic E-state index is 13.2. The Balaban J connectivity index is 1.79. The Morgan fingerprint density at radius 2 is 1.90 bits per heavy atom. The van der Waals surface area contributed by atoms with E-state index < -0.39 is 10.0 Å². The van der Waals surface area contributed by atoms with Crippen molar-refractivity contribution in [2.45, 2.75) is 51.3 Å². The quantitative estimate of drug-likeness (QED) is 0.558. The summed E-state index contributed by atoms with van der Waals surface area (Å²) in [7, 11) is -2.11. The van der Waals surface area contributed by atoms with Gasteiger partial charge in [-0.25, -0.2) is 8.42 Å². The highest BCUT2D eigenvalue weighted by Crippen LogP contribution is 2.34. The van der Waals surface area contributed by atoms with E-state index in [2.05, 4.69) is 6.92 Å². The second-order valence-corrected chi connectivity index (χ2v) is 11.3. The zero-order valence-corrected chi connectivity index (χ0v) is 19.5. The number of hydrogen-bond donors (Lipinski definition) is 0. The van der Waals surface area contributed by atoms with E-state index in [4.69, 9.17) is 0 Å². The van der Waals surface area contributed by atoms with Crippen LogP contribution in [-0.2, 0) is 22.9 Å². The molecule has 0 N–H and O–H groups in total. The van der Waals surface area contributed by atoms with E-state index >= 15 is 0 Å². The van der Waals surface area contributed by atoms with Gasteiger partial charge in [0.05, 0.1) is 10.6 Å². The average molecular weight is 442 g/mol. The average Bonchev–Trinajstić information content (AvgIpc) is 2.72. The highest BCUT2D eigenvalue weighted by molar-refractivity contribution is 7.92. The van der Waals surface area contributed by atoms with E-state index in [-0.39, 0.29) is 5.43 Å². The Labute approximate surface area is 182 Å². The van der Waals surface area contributed by atoms with E-state index in [1.54, 1.807) is 36.6 Å². The first-order chi connectivity index (χ1) is 14.2. The Morgan fingerprint density at radius 3 is 2.60 bits per heavy atom. The fourth-order valence-corrected chi connectivity index (χ4v) is 7.06. The van der Waals surface area contributed by atoms with Crippen molar-refractivity contribution in [1.29, 1.82) is 0 Å². The summed E-state index contributed by atoms with van der Waals surface area (Å²) in [6.45, 7) is 5.96. The van der Waals surface area contributed by atoms with Crippen LogP contribution in [-0.4, -0.2) is 15.5 Å². The Bertz CT molecular complexity index is 1290. The normalized spacial score (nSPS) is 16.5. The molecule has 1 atom stereocenters. The van der Waals surface area contributed by atoms with E-state index in [1.807, 2.05) is 32.0 Å².